The van der Waals surface area contributed by atoms with E-state index >= 15 is 0 Å². The summed E-state index contributed by atoms with van der Waals surface area (Å²) in [5.41, 5.74) is 0. The maximum atomic E-state index is 5.89. The molecule has 2 heterocycles. The third kappa shape index (κ3) is 1.50. The van der Waals surface area contributed by atoms with Crippen LogP contribution in [-0.4, -0.2) is 24.8 Å². The van der Waals surface area contributed by atoms with Crippen molar-refractivity contribution in [2.24, 2.45) is 5.92 Å². The predicted molar refractivity (Wildman–Crippen MR) is 49.1 cm³/mol. The molecule has 0 saturated carbocycles. The number of hydrogen-bond donors (Lipinski definition) is 1. The quantitative estimate of drug-likeness (QED) is 0.643. The molecule has 2 saturated heterocycles. The Morgan fingerprint density at radius 2 is 2.17 bits per heavy atom. The van der Waals surface area contributed by atoms with Crippen LogP contribution in [0.4, 0.5) is 0 Å². The standard InChI is InChI=1S/C10H19NO/c1-7-6-10(12-8(7)2)9-4-3-5-11-9/h7-11H,3-6H2,1-2H3. The highest BCUT2D eigenvalue weighted by Crippen LogP contribution is 2.29. The van der Waals surface area contributed by atoms with Gasteiger partial charge in [0.1, 0.15) is 0 Å². The maximum absolute atomic E-state index is 5.89. The second kappa shape index (κ2) is 3.35. The third-order valence-corrected chi connectivity index (χ3v) is 3.34. The van der Waals surface area contributed by atoms with Crippen molar-refractivity contribution in [3.63, 3.8) is 0 Å². The topological polar surface area (TPSA) is 21.3 Å². The summed E-state index contributed by atoms with van der Waals surface area (Å²) >= 11 is 0. The number of ether oxygens (including phenoxy) is 1. The summed E-state index contributed by atoms with van der Waals surface area (Å²) in [5, 5.41) is 3.51. The zero-order chi connectivity index (χ0) is 8.55. The van der Waals surface area contributed by atoms with Gasteiger partial charge in [-0.15, -0.1) is 0 Å². The van der Waals surface area contributed by atoms with E-state index in [4.69, 9.17) is 4.74 Å². The van der Waals surface area contributed by atoms with E-state index in [2.05, 4.69) is 19.2 Å². The van der Waals surface area contributed by atoms with E-state index in [0.29, 0.717) is 18.2 Å². The molecule has 0 aromatic heterocycles. The lowest BCUT2D eigenvalue weighted by Crippen LogP contribution is -2.34. The van der Waals surface area contributed by atoms with Crippen molar-refractivity contribution >= 4 is 0 Å². The number of rotatable bonds is 1. The van der Waals surface area contributed by atoms with E-state index in [1.807, 2.05) is 0 Å². The van der Waals surface area contributed by atoms with Crippen molar-refractivity contribution in [3.05, 3.63) is 0 Å². The van der Waals surface area contributed by atoms with Crippen LogP contribution < -0.4 is 5.32 Å². The first-order valence-electron chi connectivity index (χ1n) is 5.16. The van der Waals surface area contributed by atoms with Crippen molar-refractivity contribution < 1.29 is 4.74 Å². The summed E-state index contributed by atoms with van der Waals surface area (Å²) in [6.45, 7) is 5.67. The Bertz CT molecular complexity index is 144. The summed E-state index contributed by atoms with van der Waals surface area (Å²) < 4.78 is 5.89. The summed E-state index contributed by atoms with van der Waals surface area (Å²) in [6.07, 6.45) is 4.85. The molecule has 2 nitrogen and oxygen atoms in total. The predicted octanol–water partition coefficient (Wildman–Crippen LogP) is 1.55. The van der Waals surface area contributed by atoms with Gasteiger partial charge in [0.2, 0.25) is 0 Å². The normalized spacial score (nSPS) is 48.5. The molecule has 2 rings (SSSR count). The number of nitrogens with one attached hydrogen (secondary N) is 1. The fraction of sp³-hybridized carbons (Fsp3) is 1.00. The first-order valence-corrected chi connectivity index (χ1v) is 5.16. The van der Waals surface area contributed by atoms with Gasteiger partial charge >= 0.3 is 0 Å². The van der Waals surface area contributed by atoms with Gasteiger partial charge in [-0.3, -0.25) is 0 Å². The molecule has 2 heteroatoms. The van der Waals surface area contributed by atoms with E-state index in [-0.39, 0.29) is 0 Å². The fourth-order valence-electron chi connectivity index (χ4n) is 2.31. The Balaban J connectivity index is 1.89. The molecule has 0 aliphatic carbocycles. The highest BCUT2D eigenvalue weighted by atomic mass is 16.5. The average Bonchev–Trinajstić information content (AvgIpc) is 2.61. The molecule has 0 radical (unpaired) electrons. The SMILES string of the molecule is CC1CC(C2CCCN2)OC1C. The molecule has 70 valence electrons. The highest BCUT2D eigenvalue weighted by molar-refractivity contribution is 4.88. The molecule has 0 spiro atoms. The zero-order valence-electron chi connectivity index (χ0n) is 8.05. The zero-order valence-corrected chi connectivity index (χ0v) is 8.05. The Labute approximate surface area is 74.7 Å². The molecule has 1 N–H and O–H groups in total. The molecule has 2 aliphatic heterocycles. The van der Waals surface area contributed by atoms with Crippen LogP contribution in [0.15, 0.2) is 0 Å². The summed E-state index contributed by atoms with van der Waals surface area (Å²) in [4.78, 5) is 0. The van der Waals surface area contributed by atoms with Gasteiger partial charge in [0, 0.05) is 6.04 Å². The summed E-state index contributed by atoms with van der Waals surface area (Å²) in [5.74, 6) is 0.748. The van der Waals surface area contributed by atoms with Crippen molar-refractivity contribution in [1.29, 1.82) is 0 Å². The second-order valence-corrected chi connectivity index (χ2v) is 4.30. The van der Waals surface area contributed by atoms with E-state index in [1.54, 1.807) is 0 Å². The van der Waals surface area contributed by atoms with Gasteiger partial charge in [0.25, 0.3) is 0 Å². The lowest BCUT2D eigenvalue weighted by Gasteiger charge is -2.18. The first kappa shape index (κ1) is 8.52. The Morgan fingerprint density at radius 3 is 2.67 bits per heavy atom. The summed E-state index contributed by atoms with van der Waals surface area (Å²) in [6, 6.07) is 0.650. The molecular weight excluding hydrogens is 150 g/mol. The van der Waals surface area contributed by atoms with Crippen LogP contribution in [0, 0.1) is 5.92 Å². The monoisotopic (exact) mass is 169 g/mol. The Kier molecular flexibility index (Phi) is 2.37. The van der Waals surface area contributed by atoms with Crippen LogP contribution >= 0.6 is 0 Å². The lowest BCUT2D eigenvalue weighted by molar-refractivity contribution is 0.0298. The van der Waals surface area contributed by atoms with E-state index < -0.39 is 0 Å². The lowest BCUT2D eigenvalue weighted by atomic mass is 9.99. The second-order valence-electron chi connectivity index (χ2n) is 4.30. The van der Waals surface area contributed by atoms with Gasteiger partial charge in [0.05, 0.1) is 12.2 Å². The van der Waals surface area contributed by atoms with Crippen LogP contribution in [0.5, 0.6) is 0 Å². The summed E-state index contributed by atoms with van der Waals surface area (Å²) in [7, 11) is 0. The van der Waals surface area contributed by atoms with E-state index in [1.165, 1.54) is 25.8 Å². The molecule has 12 heavy (non-hydrogen) atoms. The minimum Gasteiger partial charge on any atom is -0.373 e. The third-order valence-electron chi connectivity index (χ3n) is 3.34. The molecule has 2 aliphatic rings. The van der Waals surface area contributed by atoms with Gasteiger partial charge in [-0.05, 0) is 38.6 Å². The van der Waals surface area contributed by atoms with Gasteiger partial charge in [0.15, 0.2) is 0 Å². The molecule has 0 bridgehead atoms. The molecule has 0 aromatic rings. The van der Waals surface area contributed by atoms with Crippen molar-refractivity contribution in [2.75, 3.05) is 6.54 Å². The minimum atomic E-state index is 0.470. The van der Waals surface area contributed by atoms with E-state index in [9.17, 15) is 0 Å². The maximum Gasteiger partial charge on any atom is 0.0735 e. The van der Waals surface area contributed by atoms with Crippen molar-refractivity contribution in [2.45, 2.75) is 51.4 Å². The molecule has 4 unspecified atom stereocenters. The van der Waals surface area contributed by atoms with Crippen molar-refractivity contribution in [1.82, 2.24) is 5.32 Å². The Morgan fingerprint density at radius 1 is 1.33 bits per heavy atom. The van der Waals surface area contributed by atoms with Crippen LogP contribution in [0.25, 0.3) is 0 Å². The van der Waals surface area contributed by atoms with Crippen LogP contribution in [-0.2, 0) is 4.74 Å². The van der Waals surface area contributed by atoms with Crippen LogP contribution in [0.2, 0.25) is 0 Å². The van der Waals surface area contributed by atoms with Gasteiger partial charge in [-0.1, -0.05) is 6.92 Å². The van der Waals surface area contributed by atoms with Gasteiger partial charge in [-0.2, -0.15) is 0 Å². The van der Waals surface area contributed by atoms with Gasteiger partial charge < -0.3 is 10.1 Å². The molecular formula is C10H19NO. The fourth-order valence-corrected chi connectivity index (χ4v) is 2.31. The minimum absolute atomic E-state index is 0.470. The molecule has 0 amide bonds. The molecule has 4 atom stereocenters. The smallest absolute Gasteiger partial charge is 0.0735 e. The molecule has 2 fully saturated rings. The average molecular weight is 169 g/mol. The number of hydrogen-bond acceptors (Lipinski definition) is 2. The molecule has 0 aromatic carbocycles. The van der Waals surface area contributed by atoms with Gasteiger partial charge in [-0.25, -0.2) is 0 Å². The van der Waals surface area contributed by atoms with Crippen LogP contribution in [0.1, 0.15) is 33.1 Å². The first-order chi connectivity index (χ1) is 5.77. The highest BCUT2D eigenvalue weighted by Gasteiger charge is 2.35. The van der Waals surface area contributed by atoms with E-state index in [0.717, 1.165) is 5.92 Å². The Hall–Kier alpha value is -0.0800. The van der Waals surface area contributed by atoms with Crippen molar-refractivity contribution in [3.8, 4) is 0 Å². The largest absolute Gasteiger partial charge is 0.373 e. The van der Waals surface area contributed by atoms with Crippen LogP contribution in [0.3, 0.4) is 0 Å².